The van der Waals surface area contributed by atoms with Crippen LogP contribution in [-0.2, 0) is 4.74 Å². The number of rotatable bonds is 2. The van der Waals surface area contributed by atoms with Crippen molar-refractivity contribution in [3.8, 4) is 5.75 Å². The molecule has 0 saturated heterocycles. The molecule has 0 fully saturated rings. The summed E-state index contributed by atoms with van der Waals surface area (Å²) in [5.74, 6) is 0.0493. The van der Waals surface area contributed by atoms with E-state index in [4.69, 9.17) is 9.15 Å². The third-order valence-electron chi connectivity index (χ3n) is 2.04. The number of oxazole rings is 1. The van der Waals surface area contributed by atoms with E-state index in [0.29, 0.717) is 22.4 Å². The molecule has 0 spiro atoms. The second-order valence-electron chi connectivity index (χ2n) is 2.87. The van der Waals surface area contributed by atoms with Crippen LogP contribution in [0.25, 0.3) is 11.1 Å². The minimum Gasteiger partial charge on any atom is -0.494 e. The molecule has 0 bridgehead atoms. The van der Waals surface area contributed by atoms with Gasteiger partial charge in [-0.05, 0) is 12.1 Å². The third kappa shape index (κ3) is 1.52. The standard InChI is InChI=1S/C10H9NO4/c1-13-7-3-6(10(12)14-2)4-8-9(7)11-5-15-8/h3-5H,1-2H3. The summed E-state index contributed by atoms with van der Waals surface area (Å²) >= 11 is 0. The highest BCUT2D eigenvalue weighted by Crippen LogP contribution is 2.26. The zero-order valence-electron chi connectivity index (χ0n) is 8.31. The highest BCUT2D eigenvalue weighted by molar-refractivity contribution is 5.95. The van der Waals surface area contributed by atoms with Crippen LogP contribution in [0.15, 0.2) is 22.9 Å². The minimum atomic E-state index is -0.438. The van der Waals surface area contributed by atoms with E-state index in [2.05, 4.69) is 9.72 Å². The van der Waals surface area contributed by atoms with Crippen molar-refractivity contribution in [2.24, 2.45) is 0 Å². The molecule has 1 aromatic heterocycles. The highest BCUT2D eigenvalue weighted by Gasteiger charge is 2.13. The SMILES string of the molecule is COC(=O)c1cc(OC)c2ncoc2c1. The van der Waals surface area contributed by atoms with Crippen LogP contribution >= 0.6 is 0 Å². The molecular weight excluding hydrogens is 198 g/mol. The summed E-state index contributed by atoms with van der Waals surface area (Å²) < 4.78 is 14.8. The second-order valence-corrected chi connectivity index (χ2v) is 2.87. The van der Waals surface area contributed by atoms with E-state index in [1.165, 1.54) is 20.6 Å². The number of ether oxygens (including phenoxy) is 2. The van der Waals surface area contributed by atoms with Crippen molar-refractivity contribution in [1.29, 1.82) is 0 Å². The van der Waals surface area contributed by atoms with Gasteiger partial charge in [-0.25, -0.2) is 9.78 Å². The summed E-state index contributed by atoms with van der Waals surface area (Å²) in [6.45, 7) is 0. The smallest absolute Gasteiger partial charge is 0.338 e. The van der Waals surface area contributed by atoms with E-state index < -0.39 is 5.97 Å². The van der Waals surface area contributed by atoms with E-state index in [-0.39, 0.29) is 0 Å². The first kappa shape index (κ1) is 9.51. The third-order valence-corrected chi connectivity index (χ3v) is 2.04. The molecule has 0 radical (unpaired) electrons. The Morgan fingerprint density at radius 3 is 2.87 bits per heavy atom. The number of carbonyl (C=O) groups is 1. The van der Waals surface area contributed by atoms with Crippen LogP contribution in [-0.4, -0.2) is 25.2 Å². The fourth-order valence-corrected chi connectivity index (χ4v) is 1.33. The largest absolute Gasteiger partial charge is 0.494 e. The van der Waals surface area contributed by atoms with Gasteiger partial charge in [-0.1, -0.05) is 0 Å². The van der Waals surface area contributed by atoms with Crippen LogP contribution < -0.4 is 4.74 Å². The van der Waals surface area contributed by atoms with Crippen molar-refractivity contribution < 1.29 is 18.7 Å². The van der Waals surface area contributed by atoms with Gasteiger partial charge >= 0.3 is 5.97 Å². The molecule has 5 heteroatoms. The number of carbonyl (C=O) groups excluding carboxylic acids is 1. The molecule has 15 heavy (non-hydrogen) atoms. The molecule has 2 rings (SSSR count). The molecule has 78 valence electrons. The van der Waals surface area contributed by atoms with E-state index in [0.717, 1.165) is 0 Å². The second kappa shape index (κ2) is 3.61. The Morgan fingerprint density at radius 1 is 1.40 bits per heavy atom. The lowest BCUT2D eigenvalue weighted by Gasteiger charge is -2.03. The summed E-state index contributed by atoms with van der Waals surface area (Å²) in [4.78, 5) is 15.3. The number of methoxy groups -OCH3 is 2. The molecular formula is C10H9NO4. The van der Waals surface area contributed by atoms with Gasteiger partial charge in [0.15, 0.2) is 17.5 Å². The lowest BCUT2D eigenvalue weighted by Crippen LogP contribution is -2.01. The zero-order valence-corrected chi connectivity index (χ0v) is 8.31. The summed E-state index contributed by atoms with van der Waals surface area (Å²) in [5, 5.41) is 0. The van der Waals surface area contributed by atoms with Gasteiger partial charge in [-0.3, -0.25) is 0 Å². The van der Waals surface area contributed by atoms with Crippen molar-refractivity contribution in [1.82, 2.24) is 4.98 Å². The van der Waals surface area contributed by atoms with Gasteiger partial charge < -0.3 is 13.9 Å². The first-order valence-corrected chi connectivity index (χ1v) is 4.26. The maximum absolute atomic E-state index is 11.3. The first-order chi connectivity index (χ1) is 7.26. The number of hydrogen-bond acceptors (Lipinski definition) is 5. The molecule has 5 nitrogen and oxygen atoms in total. The van der Waals surface area contributed by atoms with Crippen LogP contribution in [0.4, 0.5) is 0 Å². The van der Waals surface area contributed by atoms with Crippen LogP contribution in [0.2, 0.25) is 0 Å². The minimum absolute atomic E-state index is 0.374. The molecule has 0 N–H and O–H groups in total. The first-order valence-electron chi connectivity index (χ1n) is 4.26. The fraction of sp³-hybridized carbons (Fsp3) is 0.200. The average Bonchev–Trinajstić information content (AvgIpc) is 2.74. The number of benzene rings is 1. The van der Waals surface area contributed by atoms with E-state index >= 15 is 0 Å². The van der Waals surface area contributed by atoms with Crippen LogP contribution in [0, 0.1) is 0 Å². The summed E-state index contributed by atoms with van der Waals surface area (Å²) in [5.41, 5.74) is 1.46. The van der Waals surface area contributed by atoms with Gasteiger partial charge in [-0.15, -0.1) is 0 Å². The van der Waals surface area contributed by atoms with E-state index in [1.54, 1.807) is 12.1 Å². The molecule has 0 unspecified atom stereocenters. The zero-order chi connectivity index (χ0) is 10.8. The molecule has 1 heterocycles. The van der Waals surface area contributed by atoms with Gasteiger partial charge in [0.2, 0.25) is 0 Å². The molecule has 0 amide bonds. The number of hydrogen-bond donors (Lipinski definition) is 0. The van der Waals surface area contributed by atoms with Crippen LogP contribution in [0.1, 0.15) is 10.4 Å². The number of aromatic nitrogens is 1. The lowest BCUT2D eigenvalue weighted by molar-refractivity contribution is 0.0600. The lowest BCUT2D eigenvalue weighted by atomic mass is 10.2. The number of esters is 1. The summed E-state index contributed by atoms with van der Waals surface area (Å²) in [6.07, 6.45) is 1.30. The maximum atomic E-state index is 11.3. The van der Waals surface area contributed by atoms with Crippen LogP contribution in [0.5, 0.6) is 5.75 Å². The summed E-state index contributed by atoms with van der Waals surface area (Å²) in [6, 6.07) is 3.13. The molecule has 1 aromatic carbocycles. The monoisotopic (exact) mass is 207 g/mol. The summed E-state index contributed by atoms with van der Waals surface area (Å²) in [7, 11) is 2.82. The molecule has 0 saturated carbocycles. The average molecular weight is 207 g/mol. The van der Waals surface area contributed by atoms with Crippen molar-refractivity contribution in [3.05, 3.63) is 24.1 Å². The Hall–Kier alpha value is -2.04. The Balaban J connectivity index is 2.63. The van der Waals surface area contributed by atoms with Gasteiger partial charge in [0.25, 0.3) is 0 Å². The van der Waals surface area contributed by atoms with Gasteiger partial charge in [0, 0.05) is 0 Å². The van der Waals surface area contributed by atoms with E-state index in [9.17, 15) is 4.79 Å². The van der Waals surface area contributed by atoms with Gasteiger partial charge in [-0.2, -0.15) is 0 Å². The number of fused-ring (bicyclic) bond motifs is 1. The van der Waals surface area contributed by atoms with Crippen molar-refractivity contribution in [2.75, 3.05) is 14.2 Å². The van der Waals surface area contributed by atoms with Crippen molar-refractivity contribution >= 4 is 17.1 Å². The van der Waals surface area contributed by atoms with E-state index in [1.807, 2.05) is 0 Å². The highest BCUT2D eigenvalue weighted by atomic mass is 16.5. The Kier molecular flexibility index (Phi) is 2.29. The molecule has 2 aromatic rings. The fourth-order valence-electron chi connectivity index (χ4n) is 1.33. The molecule has 0 aliphatic carbocycles. The van der Waals surface area contributed by atoms with Crippen LogP contribution in [0.3, 0.4) is 0 Å². The van der Waals surface area contributed by atoms with Gasteiger partial charge in [0.05, 0.1) is 19.8 Å². The molecule has 0 atom stereocenters. The Bertz CT molecular complexity index is 503. The topological polar surface area (TPSA) is 61.6 Å². The number of nitrogens with zero attached hydrogens (tertiary/aromatic N) is 1. The van der Waals surface area contributed by atoms with Crippen molar-refractivity contribution in [3.63, 3.8) is 0 Å². The molecule has 0 aliphatic rings. The predicted octanol–water partition coefficient (Wildman–Crippen LogP) is 1.62. The quantitative estimate of drug-likeness (QED) is 0.700. The van der Waals surface area contributed by atoms with Gasteiger partial charge in [0.1, 0.15) is 5.75 Å². The van der Waals surface area contributed by atoms with Crippen molar-refractivity contribution in [2.45, 2.75) is 0 Å². The molecule has 0 aliphatic heterocycles. The maximum Gasteiger partial charge on any atom is 0.338 e. The normalized spacial score (nSPS) is 10.3. The predicted molar refractivity (Wildman–Crippen MR) is 51.9 cm³/mol. The Labute approximate surface area is 85.6 Å². The Morgan fingerprint density at radius 2 is 2.20 bits per heavy atom.